The summed E-state index contributed by atoms with van der Waals surface area (Å²) in [5.41, 5.74) is 1.52. The van der Waals surface area contributed by atoms with Crippen molar-refractivity contribution >= 4 is 23.4 Å². The van der Waals surface area contributed by atoms with Gasteiger partial charge in [-0.05, 0) is 67.9 Å². The van der Waals surface area contributed by atoms with E-state index in [4.69, 9.17) is 4.74 Å². The van der Waals surface area contributed by atoms with Crippen LogP contribution in [0.3, 0.4) is 0 Å². The molecule has 1 saturated heterocycles. The highest BCUT2D eigenvalue weighted by atomic mass is 16.5. The molecule has 3 fully saturated rings. The van der Waals surface area contributed by atoms with Crippen molar-refractivity contribution in [1.82, 2.24) is 4.90 Å². The Labute approximate surface area is 187 Å². The topological polar surface area (TPSA) is 75.7 Å². The number of hydrogen-bond acceptors (Lipinski definition) is 4. The third kappa shape index (κ3) is 3.57. The van der Waals surface area contributed by atoms with Gasteiger partial charge in [0.15, 0.2) is 0 Å². The molecule has 6 nitrogen and oxygen atoms in total. The fourth-order valence-electron chi connectivity index (χ4n) is 5.90. The van der Waals surface area contributed by atoms with Gasteiger partial charge in [-0.15, -0.1) is 0 Å². The van der Waals surface area contributed by atoms with Crippen LogP contribution in [0, 0.1) is 23.7 Å². The molecule has 32 heavy (non-hydrogen) atoms. The highest BCUT2D eigenvalue weighted by Gasteiger charge is 2.62. The van der Waals surface area contributed by atoms with Crippen LogP contribution in [0.25, 0.3) is 0 Å². The summed E-state index contributed by atoms with van der Waals surface area (Å²) in [4.78, 5) is 41.5. The molecule has 6 heteroatoms. The van der Waals surface area contributed by atoms with Gasteiger partial charge in [0.2, 0.25) is 17.7 Å². The predicted molar refractivity (Wildman–Crippen MR) is 120 cm³/mol. The average molecular weight is 433 g/mol. The number of carbonyl (C=O) groups is 3. The van der Waals surface area contributed by atoms with Crippen LogP contribution in [-0.4, -0.2) is 35.3 Å². The van der Waals surface area contributed by atoms with Gasteiger partial charge in [0.1, 0.15) is 11.8 Å². The minimum atomic E-state index is -0.867. The summed E-state index contributed by atoms with van der Waals surface area (Å²) in [5.74, 6) is 0.170. The maximum absolute atomic E-state index is 13.4. The van der Waals surface area contributed by atoms with Gasteiger partial charge in [-0.25, -0.2) is 0 Å². The van der Waals surface area contributed by atoms with Gasteiger partial charge in [-0.2, -0.15) is 0 Å². The first kappa shape index (κ1) is 20.7. The number of anilines is 1. The van der Waals surface area contributed by atoms with E-state index in [2.05, 4.69) is 5.32 Å². The standard InChI is InChI=1S/C26H28N2O4/c1-2-32-20-12-10-19(11-13-20)27-24(29)21(14-16-6-4-3-5-7-16)28-25(30)22-17-8-9-18(15-17)23(22)26(28)31/h3-7,10-13,17-18,21-23H,2,8-9,14-15H2,1H3,(H,27,29)/t17-,18+,21-,22-,23-/m0/s1. The van der Waals surface area contributed by atoms with Crippen molar-refractivity contribution in [2.45, 2.75) is 38.6 Å². The minimum Gasteiger partial charge on any atom is -0.494 e. The molecular weight excluding hydrogens is 404 g/mol. The van der Waals surface area contributed by atoms with Crippen molar-refractivity contribution < 1.29 is 19.1 Å². The summed E-state index contributed by atoms with van der Waals surface area (Å²) in [6.45, 7) is 2.48. The maximum atomic E-state index is 13.4. The molecule has 1 aliphatic heterocycles. The summed E-state index contributed by atoms with van der Waals surface area (Å²) < 4.78 is 5.46. The molecule has 0 aromatic heterocycles. The molecule has 2 bridgehead atoms. The largest absolute Gasteiger partial charge is 0.494 e. The van der Waals surface area contributed by atoms with E-state index >= 15 is 0 Å². The number of nitrogens with zero attached hydrogens (tertiary/aromatic N) is 1. The Morgan fingerprint density at radius 3 is 2.22 bits per heavy atom. The predicted octanol–water partition coefficient (Wildman–Crippen LogP) is 3.67. The lowest BCUT2D eigenvalue weighted by Crippen LogP contribution is -2.49. The Hall–Kier alpha value is -3.15. The lowest BCUT2D eigenvalue weighted by atomic mass is 9.81. The van der Waals surface area contributed by atoms with Crippen LogP contribution in [-0.2, 0) is 20.8 Å². The van der Waals surface area contributed by atoms with Crippen molar-refractivity contribution in [1.29, 1.82) is 0 Å². The summed E-state index contributed by atoms with van der Waals surface area (Å²) in [5, 5.41) is 2.91. The van der Waals surface area contributed by atoms with Gasteiger partial charge in [-0.1, -0.05) is 30.3 Å². The summed E-state index contributed by atoms with van der Waals surface area (Å²) in [6, 6.07) is 15.8. The summed E-state index contributed by atoms with van der Waals surface area (Å²) in [6.07, 6.45) is 3.30. The molecule has 1 heterocycles. The lowest BCUT2D eigenvalue weighted by Gasteiger charge is -2.27. The van der Waals surface area contributed by atoms with Gasteiger partial charge < -0.3 is 10.1 Å². The molecule has 2 aliphatic carbocycles. The van der Waals surface area contributed by atoms with Crippen LogP contribution in [0.5, 0.6) is 5.75 Å². The fourth-order valence-corrected chi connectivity index (χ4v) is 5.90. The molecule has 5 atom stereocenters. The van der Waals surface area contributed by atoms with Gasteiger partial charge >= 0.3 is 0 Å². The Morgan fingerprint density at radius 2 is 1.62 bits per heavy atom. The maximum Gasteiger partial charge on any atom is 0.248 e. The number of benzene rings is 2. The number of nitrogens with one attached hydrogen (secondary N) is 1. The first-order valence-corrected chi connectivity index (χ1v) is 11.5. The number of likely N-dealkylation sites (tertiary alicyclic amines) is 1. The molecular formula is C26H28N2O4. The van der Waals surface area contributed by atoms with E-state index in [9.17, 15) is 14.4 Å². The first-order chi connectivity index (χ1) is 15.6. The smallest absolute Gasteiger partial charge is 0.248 e. The quantitative estimate of drug-likeness (QED) is 0.678. The number of ether oxygens (including phenoxy) is 1. The highest BCUT2D eigenvalue weighted by molar-refractivity contribution is 6.10. The molecule has 0 radical (unpaired) electrons. The number of carbonyl (C=O) groups excluding carboxylic acids is 3. The van der Waals surface area contributed by atoms with Gasteiger partial charge in [-0.3, -0.25) is 19.3 Å². The molecule has 0 unspecified atom stereocenters. The van der Waals surface area contributed by atoms with Gasteiger partial charge in [0.25, 0.3) is 0 Å². The minimum absolute atomic E-state index is 0.157. The van der Waals surface area contributed by atoms with Crippen molar-refractivity contribution in [3.05, 3.63) is 60.2 Å². The second-order valence-electron chi connectivity index (χ2n) is 9.08. The van der Waals surface area contributed by atoms with E-state index in [1.807, 2.05) is 37.3 Å². The molecule has 2 aromatic carbocycles. The molecule has 5 rings (SSSR count). The zero-order valence-corrected chi connectivity index (χ0v) is 18.2. The van der Waals surface area contributed by atoms with Crippen LogP contribution in [0.15, 0.2) is 54.6 Å². The van der Waals surface area contributed by atoms with Crippen LogP contribution in [0.4, 0.5) is 5.69 Å². The Balaban J connectivity index is 1.41. The lowest BCUT2D eigenvalue weighted by molar-refractivity contribution is -0.147. The first-order valence-electron chi connectivity index (χ1n) is 11.5. The number of imide groups is 1. The second kappa shape index (κ2) is 8.41. The van der Waals surface area contributed by atoms with E-state index < -0.39 is 6.04 Å². The molecule has 2 saturated carbocycles. The summed E-state index contributed by atoms with van der Waals surface area (Å²) in [7, 11) is 0. The molecule has 3 aliphatic rings. The van der Waals surface area contributed by atoms with E-state index in [0.29, 0.717) is 18.7 Å². The third-order valence-electron chi connectivity index (χ3n) is 7.28. The van der Waals surface area contributed by atoms with Crippen LogP contribution in [0.2, 0.25) is 0 Å². The zero-order valence-electron chi connectivity index (χ0n) is 18.2. The zero-order chi connectivity index (χ0) is 22.2. The third-order valence-corrected chi connectivity index (χ3v) is 7.28. The number of fused-ring (bicyclic) bond motifs is 5. The monoisotopic (exact) mass is 432 g/mol. The second-order valence-corrected chi connectivity index (χ2v) is 9.08. The number of rotatable bonds is 7. The van der Waals surface area contributed by atoms with Crippen molar-refractivity contribution in [3.63, 3.8) is 0 Å². The highest BCUT2D eigenvalue weighted by Crippen LogP contribution is 2.56. The normalized spacial score (nSPS) is 26.8. The van der Waals surface area contributed by atoms with E-state index in [0.717, 1.165) is 30.6 Å². The van der Waals surface area contributed by atoms with Crippen LogP contribution >= 0.6 is 0 Å². The van der Waals surface area contributed by atoms with E-state index in [-0.39, 0.29) is 41.4 Å². The van der Waals surface area contributed by atoms with Crippen molar-refractivity contribution in [3.8, 4) is 5.75 Å². The number of hydrogen-bond donors (Lipinski definition) is 1. The van der Waals surface area contributed by atoms with Gasteiger partial charge in [0, 0.05) is 12.1 Å². The van der Waals surface area contributed by atoms with Crippen molar-refractivity contribution in [2.24, 2.45) is 23.7 Å². The molecule has 166 valence electrons. The molecule has 2 aromatic rings. The average Bonchev–Trinajstić information content (AvgIpc) is 3.48. The van der Waals surface area contributed by atoms with E-state index in [1.54, 1.807) is 24.3 Å². The Kier molecular flexibility index (Phi) is 5.45. The molecule has 0 spiro atoms. The van der Waals surface area contributed by atoms with E-state index in [1.165, 1.54) is 4.90 Å². The molecule has 1 N–H and O–H groups in total. The van der Waals surface area contributed by atoms with Gasteiger partial charge in [0.05, 0.1) is 18.4 Å². The molecule has 3 amide bonds. The van der Waals surface area contributed by atoms with Crippen molar-refractivity contribution in [2.75, 3.05) is 11.9 Å². The fraction of sp³-hybridized carbons (Fsp3) is 0.423. The Morgan fingerprint density at radius 1 is 1.00 bits per heavy atom. The summed E-state index contributed by atoms with van der Waals surface area (Å²) >= 11 is 0. The number of amides is 3. The van der Waals surface area contributed by atoms with Crippen LogP contribution < -0.4 is 10.1 Å². The van der Waals surface area contributed by atoms with Crippen LogP contribution in [0.1, 0.15) is 31.7 Å². The Bertz CT molecular complexity index is 992. The SMILES string of the molecule is CCOc1ccc(NC(=O)[C@H](Cc2ccccc2)N2C(=O)[C@H]3[C@@H]4CC[C@@H](C4)[C@@H]3C2=O)cc1.